The Morgan fingerprint density at radius 3 is 2.38 bits per heavy atom. The molecule has 3 aromatic rings. The normalized spacial score (nSPS) is 15.3. The van der Waals surface area contributed by atoms with Crippen LogP contribution in [0.1, 0.15) is 17.8 Å². The van der Waals surface area contributed by atoms with Crippen LogP contribution in [0.3, 0.4) is 0 Å². The lowest BCUT2D eigenvalue weighted by Gasteiger charge is -2.33. The van der Waals surface area contributed by atoms with Gasteiger partial charge >= 0.3 is 11.9 Å². The summed E-state index contributed by atoms with van der Waals surface area (Å²) >= 11 is 1.75. The van der Waals surface area contributed by atoms with Gasteiger partial charge in [0.05, 0.1) is 10.2 Å². The number of fused-ring (bicyclic) bond motifs is 1. The van der Waals surface area contributed by atoms with Crippen LogP contribution in [0.5, 0.6) is 5.75 Å². The highest BCUT2D eigenvalue weighted by Crippen LogP contribution is 2.22. The number of nitrogens with one attached hydrogen (secondary N) is 1. The SMILES string of the molecule is O=C(O)C=CC(=O)O.OC(COc1ccc(F)cc1)CN1CCC(NCc2nc3ccccc3s2)CC1. The number of carbonyl (C=O) groups is 2. The van der Waals surface area contributed by atoms with Gasteiger partial charge in [-0.3, -0.25) is 0 Å². The highest BCUT2D eigenvalue weighted by atomic mass is 32.1. The summed E-state index contributed by atoms with van der Waals surface area (Å²) in [6.45, 7) is 3.50. The number of aliphatic hydroxyl groups excluding tert-OH is 1. The highest BCUT2D eigenvalue weighted by molar-refractivity contribution is 7.18. The number of hydrogen-bond donors (Lipinski definition) is 4. The summed E-state index contributed by atoms with van der Waals surface area (Å²) in [4.78, 5) is 26.1. The molecule has 4 rings (SSSR count). The van der Waals surface area contributed by atoms with E-state index in [4.69, 9.17) is 14.9 Å². The Morgan fingerprint density at radius 1 is 1.11 bits per heavy atom. The van der Waals surface area contributed by atoms with Crippen LogP contribution in [0.15, 0.2) is 60.7 Å². The zero-order valence-corrected chi connectivity index (χ0v) is 20.9. The van der Waals surface area contributed by atoms with Crippen molar-refractivity contribution in [3.63, 3.8) is 0 Å². The Balaban J connectivity index is 0.000000414. The number of nitrogens with zero attached hydrogens (tertiary/aromatic N) is 2. The maximum atomic E-state index is 12.9. The standard InChI is InChI=1S/C22H26FN3O2S.C4H4O4/c23-16-5-7-19(8-6-16)28-15-18(27)14-26-11-9-17(10-12-26)24-13-22-25-20-3-1-2-4-21(20)29-22;5-3(6)1-2-4(7)8/h1-8,17-18,24,27H,9-15H2;1-2H,(H,5,6)(H,7,8). The van der Waals surface area contributed by atoms with Crippen LogP contribution < -0.4 is 10.1 Å². The third-order valence-corrected chi connectivity index (χ3v) is 6.60. The lowest BCUT2D eigenvalue weighted by atomic mass is 10.0. The molecule has 0 radical (unpaired) electrons. The largest absolute Gasteiger partial charge is 0.491 e. The Bertz CT molecular complexity index is 1130. The molecule has 2 aromatic carbocycles. The Hall–Kier alpha value is -3.38. The first-order valence-electron chi connectivity index (χ1n) is 11.8. The molecule has 0 amide bonds. The molecule has 0 saturated carbocycles. The van der Waals surface area contributed by atoms with Crippen molar-refractivity contribution in [3.8, 4) is 5.75 Å². The summed E-state index contributed by atoms with van der Waals surface area (Å²) in [6.07, 6.45) is 2.66. The van der Waals surface area contributed by atoms with Gasteiger partial charge in [-0.2, -0.15) is 0 Å². The van der Waals surface area contributed by atoms with Gasteiger partial charge in [0, 0.05) is 31.3 Å². The predicted molar refractivity (Wildman–Crippen MR) is 138 cm³/mol. The number of carboxylic acid groups (broad SMARTS) is 2. The molecule has 4 N–H and O–H groups in total. The van der Waals surface area contributed by atoms with Crippen LogP contribution >= 0.6 is 11.3 Å². The van der Waals surface area contributed by atoms with Gasteiger partial charge in [-0.1, -0.05) is 12.1 Å². The maximum Gasteiger partial charge on any atom is 0.328 e. The molecular formula is C26H30FN3O6S. The fourth-order valence-corrected chi connectivity index (χ4v) is 4.68. The number of benzene rings is 2. The summed E-state index contributed by atoms with van der Waals surface area (Å²) in [6, 6.07) is 14.6. The van der Waals surface area contributed by atoms with Gasteiger partial charge in [-0.15, -0.1) is 11.3 Å². The topological polar surface area (TPSA) is 132 Å². The zero-order valence-electron chi connectivity index (χ0n) is 20.1. The predicted octanol–water partition coefficient (Wildman–Crippen LogP) is 3.14. The molecule has 9 nitrogen and oxygen atoms in total. The van der Waals surface area contributed by atoms with Crippen LogP contribution in [0.2, 0.25) is 0 Å². The highest BCUT2D eigenvalue weighted by Gasteiger charge is 2.21. The molecule has 0 bridgehead atoms. The summed E-state index contributed by atoms with van der Waals surface area (Å²) < 4.78 is 19.7. The van der Waals surface area contributed by atoms with E-state index in [0.29, 0.717) is 30.5 Å². The first-order chi connectivity index (χ1) is 17.8. The van der Waals surface area contributed by atoms with Crippen molar-refractivity contribution in [3.05, 3.63) is 71.5 Å². The summed E-state index contributed by atoms with van der Waals surface area (Å²) in [5, 5.41) is 30.6. The molecule has 1 unspecified atom stereocenters. The number of carboxylic acids is 2. The van der Waals surface area contributed by atoms with Crippen molar-refractivity contribution in [2.24, 2.45) is 0 Å². The number of likely N-dealkylation sites (tertiary alicyclic amines) is 1. The van der Waals surface area contributed by atoms with Gasteiger partial charge in [-0.25, -0.2) is 19.0 Å². The summed E-state index contributed by atoms with van der Waals surface area (Å²) in [5.41, 5.74) is 1.07. The number of aliphatic hydroxyl groups is 1. The number of thiazole rings is 1. The van der Waals surface area contributed by atoms with Crippen LogP contribution in [-0.4, -0.2) is 75.5 Å². The molecule has 1 atom stereocenters. The fourth-order valence-electron chi connectivity index (χ4n) is 3.76. The van der Waals surface area contributed by atoms with Gasteiger partial charge in [0.2, 0.25) is 0 Å². The number of aliphatic carboxylic acids is 2. The van der Waals surface area contributed by atoms with E-state index in [1.807, 2.05) is 12.1 Å². The lowest BCUT2D eigenvalue weighted by Crippen LogP contribution is -2.45. The van der Waals surface area contributed by atoms with Crippen molar-refractivity contribution >= 4 is 33.5 Å². The van der Waals surface area contributed by atoms with Crippen molar-refractivity contribution in [2.75, 3.05) is 26.2 Å². The minimum absolute atomic E-state index is 0.210. The quantitative estimate of drug-likeness (QED) is 0.291. The van der Waals surface area contributed by atoms with Crippen molar-refractivity contribution in [1.82, 2.24) is 15.2 Å². The number of halogens is 1. The van der Waals surface area contributed by atoms with Gasteiger partial charge in [-0.05, 0) is 62.3 Å². The number of β-amino-alcohol motifs (C(OH)–C–C–N with tert-alkyl or cyclic N) is 1. The monoisotopic (exact) mass is 531 g/mol. The molecule has 2 heterocycles. The minimum Gasteiger partial charge on any atom is -0.491 e. The second kappa shape index (κ2) is 14.4. The number of piperidine rings is 1. The van der Waals surface area contributed by atoms with Crippen molar-refractivity contribution in [1.29, 1.82) is 0 Å². The number of rotatable bonds is 10. The molecular weight excluding hydrogens is 501 g/mol. The molecule has 1 aromatic heterocycles. The molecule has 1 fully saturated rings. The second-order valence-electron chi connectivity index (χ2n) is 8.46. The van der Waals surface area contributed by atoms with E-state index in [0.717, 1.165) is 43.0 Å². The van der Waals surface area contributed by atoms with Crippen molar-refractivity contribution in [2.45, 2.75) is 31.5 Å². The molecule has 0 aliphatic carbocycles. The lowest BCUT2D eigenvalue weighted by molar-refractivity contribution is -0.134. The molecule has 0 spiro atoms. The van der Waals surface area contributed by atoms with Gasteiger partial charge < -0.3 is 30.3 Å². The molecule has 1 aliphatic heterocycles. The molecule has 11 heteroatoms. The zero-order chi connectivity index (χ0) is 26.6. The second-order valence-corrected chi connectivity index (χ2v) is 9.57. The van der Waals surface area contributed by atoms with E-state index in [2.05, 4.69) is 27.3 Å². The van der Waals surface area contributed by atoms with Crippen LogP contribution in [-0.2, 0) is 16.1 Å². The van der Waals surface area contributed by atoms with Crippen LogP contribution in [0, 0.1) is 5.82 Å². The maximum absolute atomic E-state index is 12.9. The first kappa shape index (κ1) is 28.2. The average molecular weight is 532 g/mol. The van der Waals surface area contributed by atoms with Gasteiger partial charge in [0.15, 0.2) is 0 Å². The summed E-state index contributed by atoms with van der Waals surface area (Å²) in [7, 11) is 0. The third-order valence-electron chi connectivity index (χ3n) is 5.56. The summed E-state index contributed by atoms with van der Waals surface area (Å²) in [5.74, 6) is -2.24. The Kier molecular flexibility index (Phi) is 11.0. The van der Waals surface area contributed by atoms with E-state index in [1.54, 1.807) is 23.5 Å². The van der Waals surface area contributed by atoms with E-state index in [9.17, 15) is 19.1 Å². The Morgan fingerprint density at radius 2 is 1.76 bits per heavy atom. The van der Waals surface area contributed by atoms with E-state index < -0.39 is 18.0 Å². The minimum atomic E-state index is -1.26. The Labute approximate surface area is 217 Å². The molecule has 1 saturated heterocycles. The van der Waals surface area contributed by atoms with E-state index >= 15 is 0 Å². The number of ether oxygens (including phenoxy) is 1. The smallest absolute Gasteiger partial charge is 0.328 e. The third kappa shape index (κ3) is 10.3. The molecule has 37 heavy (non-hydrogen) atoms. The average Bonchev–Trinajstić information content (AvgIpc) is 3.30. The number of para-hydroxylation sites is 1. The number of aromatic nitrogens is 1. The molecule has 1 aliphatic rings. The van der Waals surface area contributed by atoms with Crippen LogP contribution in [0.25, 0.3) is 10.2 Å². The van der Waals surface area contributed by atoms with Gasteiger partial charge in [0.1, 0.15) is 29.3 Å². The molecule has 198 valence electrons. The van der Waals surface area contributed by atoms with Gasteiger partial charge in [0.25, 0.3) is 0 Å². The van der Waals surface area contributed by atoms with E-state index in [-0.39, 0.29) is 12.4 Å². The first-order valence-corrected chi connectivity index (χ1v) is 12.6. The van der Waals surface area contributed by atoms with E-state index in [1.165, 1.54) is 16.8 Å². The number of hydrogen-bond acceptors (Lipinski definition) is 8. The van der Waals surface area contributed by atoms with Crippen molar-refractivity contribution < 1.29 is 34.0 Å². The fraction of sp³-hybridized carbons (Fsp3) is 0.346. The van der Waals surface area contributed by atoms with Crippen LogP contribution in [0.4, 0.5) is 4.39 Å².